The largest absolute Gasteiger partial charge is 0.872 e. The molecule has 0 bridgehead atoms. The Bertz CT molecular complexity index is 383. The first kappa shape index (κ1) is 10.0. The molecular formula is C9H7O5-. The van der Waals surface area contributed by atoms with E-state index in [1.54, 1.807) is 0 Å². The summed E-state index contributed by atoms with van der Waals surface area (Å²) < 4.78 is 4.36. The molecule has 0 aromatic heterocycles. The molecule has 5 heteroatoms. The summed E-state index contributed by atoms with van der Waals surface area (Å²) in [6.07, 6.45) is 0. The Kier molecular flexibility index (Phi) is 2.71. The number of benzene rings is 1. The van der Waals surface area contributed by atoms with E-state index in [-0.39, 0.29) is 11.1 Å². The normalized spacial score (nSPS) is 9.50. The van der Waals surface area contributed by atoms with E-state index in [9.17, 15) is 14.7 Å². The molecule has 1 rings (SSSR count). The minimum absolute atomic E-state index is 0.0580. The zero-order valence-electron chi connectivity index (χ0n) is 7.31. The highest BCUT2D eigenvalue weighted by Crippen LogP contribution is 2.14. The topological polar surface area (TPSA) is 86.7 Å². The number of carbonyl (C=O) groups is 2. The number of carboxylic acids is 1. The Morgan fingerprint density at radius 3 is 2.36 bits per heavy atom. The third-order valence-corrected chi connectivity index (χ3v) is 1.57. The van der Waals surface area contributed by atoms with Gasteiger partial charge >= 0.3 is 11.9 Å². The summed E-state index contributed by atoms with van der Waals surface area (Å²) in [5.41, 5.74) is -0.282. The Hall–Kier alpha value is -2.04. The van der Waals surface area contributed by atoms with Gasteiger partial charge in [-0.2, -0.15) is 0 Å². The predicted octanol–water partition coefficient (Wildman–Crippen LogP) is 0.245. The summed E-state index contributed by atoms with van der Waals surface area (Å²) in [5, 5.41) is 19.6. The molecule has 0 saturated heterocycles. The average Bonchev–Trinajstić information content (AvgIpc) is 2.15. The van der Waals surface area contributed by atoms with E-state index < -0.39 is 17.7 Å². The summed E-state index contributed by atoms with van der Waals surface area (Å²) >= 11 is 0. The van der Waals surface area contributed by atoms with Gasteiger partial charge in [0.15, 0.2) is 0 Å². The molecule has 1 aromatic rings. The maximum absolute atomic E-state index is 11.0. The number of aromatic carboxylic acids is 1. The quantitative estimate of drug-likeness (QED) is 0.683. The molecule has 0 atom stereocenters. The number of carbonyl (C=O) groups excluding carboxylic acids is 1. The van der Waals surface area contributed by atoms with Crippen molar-refractivity contribution in [2.75, 3.05) is 7.11 Å². The van der Waals surface area contributed by atoms with Crippen LogP contribution in [0.2, 0.25) is 0 Å². The van der Waals surface area contributed by atoms with Gasteiger partial charge in [0.05, 0.1) is 18.2 Å². The lowest BCUT2D eigenvalue weighted by Gasteiger charge is -2.08. The number of hydrogen-bond acceptors (Lipinski definition) is 4. The van der Waals surface area contributed by atoms with Gasteiger partial charge in [-0.15, -0.1) is 5.75 Å². The molecule has 0 saturated carbocycles. The summed E-state index contributed by atoms with van der Waals surface area (Å²) in [5.74, 6) is -2.52. The monoisotopic (exact) mass is 195 g/mol. The zero-order valence-corrected chi connectivity index (χ0v) is 7.31. The first-order valence-electron chi connectivity index (χ1n) is 3.68. The van der Waals surface area contributed by atoms with Crippen LogP contribution in [0.15, 0.2) is 18.2 Å². The fraction of sp³-hybridized carbons (Fsp3) is 0.111. The molecular weight excluding hydrogens is 188 g/mol. The second-order valence-electron chi connectivity index (χ2n) is 2.54. The molecule has 0 heterocycles. The molecule has 74 valence electrons. The van der Waals surface area contributed by atoms with E-state index >= 15 is 0 Å². The van der Waals surface area contributed by atoms with Crippen molar-refractivity contribution in [3.05, 3.63) is 29.3 Å². The van der Waals surface area contributed by atoms with E-state index in [0.717, 1.165) is 25.3 Å². The number of esters is 1. The molecule has 0 radical (unpaired) electrons. The van der Waals surface area contributed by atoms with Crippen LogP contribution in [0.1, 0.15) is 20.7 Å². The summed E-state index contributed by atoms with van der Waals surface area (Å²) in [6.45, 7) is 0. The maximum atomic E-state index is 11.0. The molecule has 14 heavy (non-hydrogen) atoms. The molecule has 0 aliphatic rings. The van der Waals surface area contributed by atoms with Crippen molar-refractivity contribution in [1.29, 1.82) is 0 Å². The van der Waals surface area contributed by atoms with Gasteiger partial charge in [-0.25, -0.2) is 9.59 Å². The Labute approximate surface area is 79.6 Å². The fourth-order valence-electron chi connectivity index (χ4n) is 0.958. The van der Waals surface area contributed by atoms with Crippen LogP contribution in [0.25, 0.3) is 0 Å². The smallest absolute Gasteiger partial charge is 0.337 e. The zero-order chi connectivity index (χ0) is 10.7. The van der Waals surface area contributed by atoms with Crippen molar-refractivity contribution in [2.24, 2.45) is 0 Å². The lowest BCUT2D eigenvalue weighted by molar-refractivity contribution is -0.268. The average molecular weight is 195 g/mol. The van der Waals surface area contributed by atoms with E-state index in [2.05, 4.69) is 4.74 Å². The lowest BCUT2D eigenvalue weighted by Crippen LogP contribution is -2.06. The van der Waals surface area contributed by atoms with Crippen molar-refractivity contribution in [1.82, 2.24) is 0 Å². The Balaban J connectivity index is 3.20. The van der Waals surface area contributed by atoms with Crippen molar-refractivity contribution < 1.29 is 24.5 Å². The highest BCUT2D eigenvalue weighted by molar-refractivity contribution is 5.95. The second kappa shape index (κ2) is 3.78. The van der Waals surface area contributed by atoms with Crippen LogP contribution in [0, 0.1) is 0 Å². The molecule has 0 amide bonds. The molecule has 0 spiro atoms. The molecule has 0 unspecified atom stereocenters. The van der Waals surface area contributed by atoms with E-state index in [1.807, 2.05) is 0 Å². The molecule has 1 aromatic carbocycles. The summed E-state index contributed by atoms with van der Waals surface area (Å²) in [7, 11) is 1.15. The number of ether oxygens (including phenoxy) is 1. The minimum atomic E-state index is -1.26. The molecule has 1 N–H and O–H groups in total. The van der Waals surface area contributed by atoms with E-state index in [4.69, 9.17) is 5.11 Å². The van der Waals surface area contributed by atoms with Gasteiger partial charge in [0.1, 0.15) is 0 Å². The minimum Gasteiger partial charge on any atom is -0.872 e. The van der Waals surface area contributed by atoms with Gasteiger partial charge in [0.2, 0.25) is 0 Å². The van der Waals surface area contributed by atoms with Crippen molar-refractivity contribution >= 4 is 11.9 Å². The van der Waals surface area contributed by atoms with Gasteiger partial charge in [0, 0.05) is 0 Å². The van der Waals surface area contributed by atoms with Gasteiger partial charge in [-0.3, -0.25) is 0 Å². The molecule has 0 aliphatic heterocycles. The number of hydrogen-bond donors (Lipinski definition) is 1. The van der Waals surface area contributed by atoms with Crippen molar-refractivity contribution in [2.45, 2.75) is 0 Å². The van der Waals surface area contributed by atoms with Crippen LogP contribution in [0.3, 0.4) is 0 Å². The molecule has 5 nitrogen and oxygen atoms in total. The number of rotatable bonds is 2. The van der Waals surface area contributed by atoms with Crippen LogP contribution in [-0.4, -0.2) is 24.2 Å². The standard InChI is InChI=1S/C9H8O5/c1-14-9(13)6-2-5(8(11)12)3-7(10)4-6/h2-4,10H,1H3,(H,11,12)/p-1. The number of carboxylic acid groups (broad SMARTS) is 1. The van der Waals surface area contributed by atoms with Gasteiger partial charge < -0.3 is 14.9 Å². The van der Waals surface area contributed by atoms with Crippen LogP contribution >= 0.6 is 0 Å². The van der Waals surface area contributed by atoms with Gasteiger partial charge in [-0.05, 0) is 6.07 Å². The van der Waals surface area contributed by atoms with Crippen LogP contribution in [0.4, 0.5) is 0 Å². The summed E-state index contributed by atoms with van der Waals surface area (Å²) in [4.78, 5) is 21.5. The predicted molar refractivity (Wildman–Crippen MR) is 44.2 cm³/mol. The SMILES string of the molecule is COC(=O)c1cc([O-])cc(C(=O)O)c1. The van der Waals surface area contributed by atoms with Gasteiger partial charge in [0.25, 0.3) is 0 Å². The van der Waals surface area contributed by atoms with E-state index in [0.29, 0.717) is 0 Å². The van der Waals surface area contributed by atoms with Crippen LogP contribution < -0.4 is 5.11 Å². The lowest BCUT2D eigenvalue weighted by atomic mass is 10.1. The fourth-order valence-corrected chi connectivity index (χ4v) is 0.958. The third kappa shape index (κ3) is 2.01. The third-order valence-electron chi connectivity index (χ3n) is 1.57. The first-order valence-corrected chi connectivity index (χ1v) is 3.68. The highest BCUT2D eigenvalue weighted by Gasteiger charge is 2.09. The van der Waals surface area contributed by atoms with Gasteiger partial charge in [-0.1, -0.05) is 12.1 Å². The second-order valence-corrected chi connectivity index (χ2v) is 2.54. The summed E-state index contributed by atoms with van der Waals surface area (Å²) in [6, 6.07) is 3.06. The first-order chi connectivity index (χ1) is 6.54. The van der Waals surface area contributed by atoms with Crippen LogP contribution in [0.5, 0.6) is 5.75 Å². The Morgan fingerprint density at radius 1 is 1.29 bits per heavy atom. The highest BCUT2D eigenvalue weighted by atomic mass is 16.5. The van der Waals surface area contributed by atoms with Crippen LogP contribution in [-0.2, 0) is 4.74 Å². The molecule has 0 aliphatic carbocycles. The van der Waals surface area contributed by atoms with E-state index in [1.165, 1.54) is 0 Å². The molecule has 0 fully saturated rings. The van der Waals surface area contributed by atoms with Crippen molar-refractivity contribution in [3.63, 3.8) is 0 Å². The Morgan fingerprint density at radius 2 is 1.86 bits per heavy atom. The number of methoxy groups -OCH3 is 1. The van der Waals surface area contributed by atoms with Crippen molar-refractivity contribution in [3.8, 4) is 5.75 Å². The maximum Gasteiger partial charge on any atom is 0.337 e.